The molecule has 1 N–H and O–H groups in total. The number of aromatic nitrogens is 2. The first kappa shape index (κ1) is 14.6. The van der Waals surface area contributed by atoms with E-state index in [1.54, 1.807) is 37.6 Å². The Balaban J connectivity index is 1.96. The normalized spacial score (nSPS) is 11.4. The van der Waals surface area contributed by atoms with Gasteiger partial charge in [0.1, 0.15) is 0 Å². The third-order valence-corrected chi connectivity index (χ3v) is 4.86. The van der Waals surface area contributed by atoms with Crippen LogP contribution in [0.2, 0.25) is 0 Å². The number of nitrogens with zero attached hydrogens (tertiary/aromatic N) is 2. The fourth-order valence-electron chi connectivity index (χ4n) is 1.94. The molecule has 0 fully saturated rings. The number of aryl methyl sites for hydroxylation is 1. The van der Waals surface area contributed by atoms with Crippen LogP contribution in [0.3, 0.4) is 0 Å². The summed E-state index contributed by atoms with van der Waals surface area (Å²) in [5.74, 6) is 0.112. The number of rotatable bonds is 7. The van der Waals surface area contributed by atoms with Gasteiger partial charge in [-0.15, -0.1) is 0 Å². The Hall–Kier alpha value is -1.82. The lowest BCUT2D eigenvalue weighted by molar-refractivity contribution is 0.597. The number of imidazole rings is 1. The van der Waals surface area contributed by atoms with Gasteiger partial charge in [-0.25, -0.2) is 13.4 Å². The van der Waals surface area contributed by atoms with Gasteiger partial charge in [-0.2, -0.15) is 0 Å². The van der Waals surface area contributed by atoms with Crippen LogP contribution in [-0.4, -0.2) is 30.3 Å². The summed E-state index contributed by atoms with van der Waals surface area (Å²) in [4.78, 5) is 4.36. The Labute approximate surface area is 119 Å². The second-order valence-corrected chi connectivity index (χ2v) is 6.73. The van der Waals surface area contributed by atoms with E-state index in [1.807, 2.05) is 16.8 Å². The monoisotopic (exact) mass is 293 g/mol. The zero-order valence-corrected chi connectivity index (χ0v) is 12.3. The van der Waals surface area contributed by atoms with Crippen molar-refractivity contribution in [3.63, 3.8) is 0 Å². The molecule has 0 aliphatic heterocycles. The minimum absolute atomic E-state index is 0.112. The van der Waals surface area contributed by atoms with Gasteiger partial charge in [0, 0.05) is 25.5 Å². The summed E-state index contributed by atoms with van der Waals surface area (Å²) in [5.41, 5.74) is 0.681. The topological polar surface area (TPSA) is 64.0 Å². The van der Waals surface area contributed by atoms with E-state index in [4.69, 9.17) is 0 Å². The quantitative estimate of drug-likeness (QED) is 0.795. The molecule has 5 nitrogen and oxygen atoms in total. The Bertz CT molecular complexity index is 636. The molecular weight excluding hydrogens is 274 g/mol. The van der Waals surface area contributed by atoms with Crippen molar-refractivity contribution in [1.29, 1.82) is 0 Å². The van der Waals surface area contributed by atoms with E-state index < -0.39 is 9.84 Å². The van der Waals surface area contributed by atoms with E-state index >= 15 is 0 Å². The molecule has 0 saturated heterocycles. The first-order chi connectivity index (χ1) is 9.63. The van der Waals surface area contributed by atoms with E-state index in [-0.39, 0.29) is 5.75 Å². The lowest BCUT2D eigenvalue weighted by atomic mass is 10.3. The van der Waals surface area contributed by atoms with E-state index in [9.17, 15) is 8.42 Å². The van der Waals surface area contributed by atoms with Crippen molar-refractivity contribution in [3.05, 3.63) is 43.0 Å². The molecule has 2 aromatic rings. The smallest absolute Gasteiger partial charge is 0.180 e. The van der Waals surface area contributed by atoms with Crippen LogP contribution in [0.15, 0.2) is 47.9 Å². The van der Waals surface area contributed by atoms with Crippen LogP contribution in [0.1, 0.15) is 13.3 Å². The van der Waals surface area contributed by atoms with Crippen LogP contribution in [0.25, 0.3) is 0 Å². The number of anilines is 1. The molecule has 1 aromatic heterocycles. The van der Waals surface area contributed by atoms with Crippen LogP contribution in [-0.2, 0) is 16.4 Å². The third kappa shape index (κ3) is 3.60. The van der Waals surface area contributed by atoms with Gasteiger partial charge >= 0.3 is 0 Å². The highest BCUT2D eigenvalue weighted by Gasteiger charge is 2.15. The van der Waals surface area contributed by atoms with Crippen molar-refractivity contribution in [1.82, 2.24) is 9.55 Å². The van der Waals surface area contributed by atoms with Crippen molar-refractivity contribution >= 4 is 15.5 Å². The van der Waals surface area contributed by atoms with Gasteiger partial charge in [0.05, 0.1) is 22.7 Å². The average Bonchev–Trinajstić information content (AvgIpc) is 2.97. The zero-order valence-electron chi connectivity index (χ0n) is 11.5. The SMILES string of the molecule is CCS(=O)(=O)c1ccccc1NCCCn1ccnc1. The molecule has 20 heavy (non-hydrogen) atoms. The standard InChI is InChI=1S/C14H19N3O2S/c1-2-20(18,19)14-7-4-3-6-13(14)16-8-5-10-17-11-9-15-12-17/h3-4,6-7,9,11-12,16H,2,5,8,10H2,1H3. The lowest BCUT2D eigenvalue weighted by Gasteiger charge is -2.11. The molecule has 2 rings (SSSR count). The van der Waals surface area contributed by atoms with E-state index in [1.165, 1.54) is 0 Å². The molecule has 0 amide bonds. The largest absolute Gasteiger partial charge is 0.384 e. The number of para-hydroxylation sites is 1. The molecule has 1 heterocycles. The van der Waals surface area contributed by atoms with Gasteiger partial charge in [-0.1, -0.05) is 19.1 Å². The molecule has 0 bridgehead atoms. The average molecular weight is 293 g/mol. The van der Waals surface area contributed by atoms with Crippen molar-refractivity contribution < 1.29 is 8.42 Å². The molecule has 0 aliphatic carbocycles. The molecule has 0 atom stereocenters. The van der Waals surface area contributed by atoms with Crippen LogP contribution in [0.5, 0.6) is 0 Å². The summed E-state index contributed by atoms with van der Waals surface area (Å²) in [6.07, 6.45) is 6.33. The van der Waals surface area contributed by atoms with Crippen molar-refractivity contribution in [3.8, 4) is 0 Å². The number of hydrogen-bond donors (Lipinski definition) is 1. The molecule has 108 valence electrons. The maximum Gasteiger partial charge on any atom is 0.180 e. The molecule has 0 aliphatic rings. The first-order valence-electron chi connectivity index (χ1n) is 6.65. The Morgan fingerprint density at radius 2 is 2.10 bits per heavy atom. The summed E-state index contributed by atoms with van der Waals surface area (Å²) in [6, 6.07) is 7.04. The number of sulfone groups is 1. The summed E-state index contributed by atoms with van der Waals surface area (Å²) in [5, 5.41) is 3.20. The van der Waals surface area contributed by atoms with Gasteiger partial charge < -0.3 is 9.88 Å². The highest BCUT2D eigenvalue weighted by atomic mass is 32.2. The Kier molecular flexibility index (Phi) is 4.79. The van der Waals surface area contributed by atoms with Gasteiger partial charge in [0.15, 0.2) is 9.84 Å². The van der Waals surface area contributed by atoms with Crippen molar-refractivity contribution in [2.45, 2.75) is 24.8 Å². The van der Waals surface area contributed by atoms with E-state index in [0.29, 0.717) is 17.1 Å². The van der Waals surface area contributed by atoms with Gasteiger partial charge in [-0.3, -0.25) is 0 Å². The van der Waals surface area contributed by atoms with Gasteiger partial charge in [0.2, 0.25) is 0 Å². The maximum atomic E-state index is 12.0. The van der Waals surface area contributed by atoms with E-state index in [2.05, 4.69) is 10.3 Å². The van der Waals surface area contributed by atoms with Crippen LogP contribution < -0.4 is 5.32 Å². The van der Waals surface area contributed by atoms with Crippen LogP contribution >= 0.6 is 0 Å². The minimum atomic E-state index is -3.19. The van der Waals surface area contributed by atoms with Crippen LogP contribution in [0.4, 0.5) is 5.69 Å². The molecule has 0 unspecified atom stereocenters. The molecule has 0 spiro atoms. The molecule has 0 radical (unpaired) electrons. The van der Waals surface area contributed by atoms with E-state index in [0.717, 1.165) is 13.0 Å². The number of hydrogen-bond acceptors (Lipinski definition) is 4. The second-order valence-electron chi connectivity index (χ2n) is 4.48. The lowest BCUT2D eigenvalue weighted by Crippen LogP contribution is -2.11. The minimum Gasteiger partial charge on any atom is -0.384 e. The molecule has 0 saturated carbocycles. The Morgan fingerprint density at radius 3 is 2.80 bits per heavy atom. The zero-order chi connectivity index (χ0) is 14.4. The van der Waals surface area contributed by atoms with Gasteiger partial charge in [0.25, 0.3) is 0 Å². The van der Waals surface area contributed by atoms with Crippen molar-refractivity contribution in [2.24, 2.45) is 0 Å². The predicted octanol–water partition coefficient (Wildman–Crippen LogP) is 2.18. The Morgan fingerprint density at radius 1 is 1.30 bits per heavy atom. The number of benzene rings is 1. The molecule has 1 aromatic carbocycles. The highest BCUT2D eigenvalue weighted by Crippen LogP contribution is 2.21. The summed E-state index contributed by atoms with van der Waals surface area (Å²) >= 11 is 0. The fraction of sp³-hybridized carbons (Fsp3) is 0.357. The molecule has 6 heteroatoms. The first-order valence-corrected chi connectivity index (χ1v) is 8.30. The second kappa shape index (κ2) is 6.56. The number of nitrogens with one attached hydrogen (secondary N) is 1. The van der Waals surface area contributed by atoms with Gasteiger partial charge in [-0.05, 0) is 18.6 Å². The maximum absolute atomic E-state index is 12.0. The predicted molar refractivity (Wildman–Crippen MR) is 79.5 cm³/mol. The fourth-order valence-corrected chi connectivity index (χ4v) is 3.02. The van der Waals surface area contributed by atoms with Crippen molar-refractivity contribution in [2.75, 3.05) is 17.6 Å². The summed E-state index contributed by atoms with van der Waals surface area (Å²) in [7, 11) is -3.19. The van der Waals surface area contributed by atoms with Crippen LogP contribution in [0, 0.1) is 0 Å². The highest BCUT2D eigenvalue weighted by molar-refractivity contribution is 7.91. The third-order valence-electron chi connectivity index (χ3n) is 3.07. The molecular formula is C14H19N3O2S. The summed E-state index contributed by atoms with van der Waals surface area (Å²) in [6.45, 7) is 3.23. The summed E-state index contributed by atoms with van der Waals surface area (Å²) < 4.78 is 26.0.